The minimum atomic E-state index is -0.593. The van der Waals surface area contributed by atoms with Crippen molar-refractivity contribution in [3.8, 4) is 11.6 Å². The van der Waals surface area contributed by atoms with E-state index in [2.05, 4.69) is 27.4 Å². The zero-order chi connectivity index (χ0) is 21.0. The monoisotopic (exact) mass is 403 g/mol. The lowest BCUT2D eigenvalue weighted by molar-refractivity contribution is 0.0941. The fourth-order valence-corrected chi connectivity index (χ4v) is 4.30. The average molecular weight is 403 g/mol. The van der Waals surface area contributed by atoms with Gasteiger partial charge in [-0.05, 0) is 24.0 Å². The van der Waals surface area contributed by atoms with Crippen LogP contribution in [0.5, 0.6) is 11.6 Å². The fourth-order valence-electron chi connectivity index (χ4n) is 4.30. The SMILES string of the molecule is O=C(NCc1ccccc1)c1nc(CC2(c3ccccc3)CCCC2)nc(O)c1O. The molecule has 3 N–H and O–H groups in total. The lowest BCUT2D eigenvalue weighted by atomic mass is 9.76. The highest BCUT2D eigenvalue weighted by Crippen LogP contribution is 2.43. The Kier molecular flexibility index (Phi) is 5.65. The van der Waals surface area contributed by atoms with Gasteiger partial charge in [0, 0.05) is 18.4 Å². The number of benzene rings is 2. The number of hydrogen-bond donors (Lipinski definition) is 3. The normalized spacial score (nSPS) is 15.1. The van der Waals surface area contributed by atoms with E-state index in [0.717, 1.165) is 31.2 Å². The predicted molar refractivity (Wildman–Crippen MR) is 113 cm³/mol. The van der Waals surface area contributed by atoms with Gasteiger partial charge in [0.05, 0.1) is 0 Å². The van der Waals surface area contributed by atoms with Crippen LogP contribution in [0.15, 0.2) is 60.7 Å². The summed E-state index contributed by atoms with van der Waals surface area (Å²) in [4.78, 5) is 21.1. The van der Waals surface area contributed by atoms with Crippen molar-refractivity contribution < 1.29 is 15.0 Å². The topological polar surface area (TPSA) is 95.3 Å². The number of carbonyl (C=O) groups is 1. The first-order valence-electron chi connectivity index (χ1n) is 10.2. The molecule has 1 amide bonds. The lowest BCUT2D eigenvalue weighted by Gasteiger charge is -2.29. The second kappa shape index (κ2) is 8.53. The van der Waals surface area contributed by atoms with Crippen LogP contribution in [0.4, 0.5) is 0 Å². The van der Waals surface area contributed by atoms with E-state index in [1.807, 2.05) is 48.5 Å². The third-order valence-electron chi connectivity index (χ3n) is 5.87. The van der Waals surface area contributed by atoms with E-state index < -0.39 is 17.5 Å². The van der Waals surface area contributed by atoms with Crippen LogP contribution in [0.25, 0.3) is 0 Å². The van der Waals surface area contributed by atoms with Gasteiger partial charge in [0.25, 0.3) is 11.8 Å². The van der Waals surface area contributed by atoms with Gasteiger partial charge in [0.1, 0.15) is 5.82 Å². The van der Waals surface area contributed by atoms with Crippen LogP contribution in [-0.4, -0.2) is 26.1 Å². The highest BCUT2D eigenvalue weighted by atomic mass is 16.3. The summed E-state index contributed by atoms with van der Waals surface area (Å²) in [5, 5.41) is 23.1. The van der Waals surface area contributed by atoms with Crippen LogP contribution in [0.3, 0.4) is 0 Å². The van der Waals surface area contributed by atoms with Gasteiger partial charge >= 0.3 is 0 Å². The third-order valence-corrected chi connectivity index (χ3v) is 5.87. The largest absolute Gasteiger partial charge is 0.501 e. The van der Waals surface area contributed by atoms with Crippen LogP contribution in [0.1, 0.15) is 53.1 Å². The quantitative estimate of drug-likeness (QED) is 0.581. The molecule has 3 aromatic rings. The summed E-state index contributed by atoms with van der Waals surface area (Å²) in [5.74, 6) is -1.34. The smallest absolute Gasteiger partial charge is 0.274 e. The zero-order valence-corrected chi connectivity index (χ0v) is 16.7. The van der Waals surface area contributed by atoms with Crippen LogP contribution in [0, 0.1) is 0 Å². The van der Waals surface area contributed by atoms with Crippen molar-refractivity contribution in [2.24, 2.45) is 0 Å². The number of aromatic hydroxyl groups is 2. The summed E-state index contributed by atoms with van der Waals surface area (Å²) in [5.41, 5.74) is 1.82. The van der Waals surface area contributed by atoms with E-state index in [0.29, 0.717) is 18.8 Å². The Hall–Kier alpha value is -3.41. The van der Waals surface area contributed by atoms with E-state index in [-0.39, 0.29) is 11.1 Å². The summed E-state index contributed by atoms with van der Waals surface area (Å²) in [7, 11) is 0. The molecular formula is C24H25N3O3. The second-order valence-electron chi connectivity index (χ2n) is 7.86. The molecule has 1 aliphatic rings. The Labute approximate surface area is 175 Å². The van der Waals surface area contributed by atoms with Crippen molar-refractivity contribution in [1.29, 1.82) is 0 Å². The molecule has 6 nitrogen and oxygen atoms in total. The minimum Gasteiger partial charge on any atom is -0.501 e. The Morgan fingerprint density at radius 1 is 0.933 bits per heavy atom. The van der Waals surface area contributed by atoms with E-state index in [1.54, 1.807) is 0 Å². The minimum absolute atomic E-state index is 0.123. The molecule has 0 bridgehead atoms. The van der Waals surface area contributed by atoms with Crippen molar-refractivity contribution >= 4 is 5.91 Å². The van der Waals surface area contributed by atoms with Gasteiger partial charge < -0.3 is 15.5 Å². The number of aromatic nitrogens is 2. The first-order valence-corrected chi connectivity index (χ1v) is 10.2. The van der Waals surface area contributed by atoms with E-state index in [9.17, 15) is 15.0 Å². The molecule has 0 atom stereocenters. The van der Waals surface area contributed by atoms with Gasteiger partial charge in [-0.15, -0.1) is 0 Å². The summed E-state index contributed by atoms with van der Waals surface area (Å²) >= 11 is 0. The van der Waals surface area contributed by atoms with Crippen LogP contribution in [0.2, 0.25) is 0 Å². The maximum Gasteiger partial charge on any atom is 0.274 e. The molecule has 1 fully saturated rings. The van der Waals surface area contributed by atoms with Gasteiger partial charge in [-0.3, -0.25) is 4.79 Å². The Balaban J connectivity index is 1.59. The molecule has 6 heteroatoms. The molecule has 30 heavy (non-hydrogen) atoms. The predicted octanol–water partition coefficient (Wildman–Crippen LogP) is 3.87. The van der Waals surface area contributed by atoms with Crippen molar-refractivity contribution in [3.63, 3.8) is 0 Å². The molecule has 0 radical (unpaired) electrons. The highest BCUT2D eigenvalue weighted by Gasteiger charge is 2.37. The summed E-state index contributed by atoms with van der Waals surface area (Å²) in [6, 6.07) is 19.7. The summed E-state index contributed by atoms with van der Waals surface area (Å²) < 4.78 is 0. The second-order valence-corrected chi connectivity index (χ2v) is 7.86. The third kappa shape index (κ3) is 4.13. The molecule has 1 aromatic heterocycles. The maximum absolute atomic E-state index is 12.7. The number of nitrogens with one attached hydrogen (secondary N) is 1. The van der Waals surface area contributed by atoms with Gasteiger partial charge in [-0.25, -0.2) is 4.98 Å². The number of amides is 1. The fraction of sp³-hybridized carbons (Fsp3) is 0.292. The number of hydrogen-bond acceptors (Lipinski definition) is 5. The summed E-state index contributed by atoms with van der Waals surface area (Å²) in [6.45, 7) is 0.299. The molecule has 0 spiro atoms. The Morgan fingerprint density at radius 2 is 1.57 bits per heavy atom. The van der Waals surface area contributed by atoms with Crippen molar-refractivity contribution in [2.75, 3.05) is 0 Å². The zero-order valence-electron chi connectivity index (χ0n) is 16.7. The molecule has 4 rings (SSSR count). The van der Waals surface area contributed by atoms with Gasteiger partial charge in [-0.1, -0.05) is 73.5 Å². The number of carbonyl (C=O) groups excluding carboxylic acids is 1. The number of nitrogens with zero attached hydrogens (tertiary/aromatic N) is 2. The molecular weight excluding hydrogens is 378 g/mol. The molecule has 0 unspecified atom stereocenters. The molecule has 1 heterocycles. The van der Waals surface area contributed by atoms with Gasteiger partial charge in [-0.2, -0.15) is 4.98 Å². The first kappa shape index (κ1) is 19.9. The highest BCUT2D eigenvalue weighted by molar-refractivity contribution is 5.95. The molecule has 2 aromatic carbocycles. The van der Waals surface area contributed by atoms with E-state index in [1.165, 1.54) is 5.56 Å². The molecule has 1 aliphatic carbocycles. The van der Waals surface area contributed by atoms with Crippen LogP contribution in [-0.2, 0) is 18.4 Å². The van der Waals surface area contributed by atoms with Gasteiger partial charge in [0.15, 0.2) is 5.69 Å². The van der Waals surface area contributed by atoms with E-state index in [4.69, 9.17) is 0 Å². The molecule has 0 saturated heterocycles. The van der Waals surface area contributed by atoms with Crippen LogP contribution < -0.4 is 5.32 Å². The van der Waals surface area contributed by atoms with E-state index >= 15 is 0 Å². The van der Waals surface area contributed by atoms with Crippen molar-refractivity contribution in [1.82, 2.24) is 15.3 Å². The Morgan fingerprint density at radius 3 is 2.23 bits per heavy atom. The van der Waals surface area contributed by atoms with Gasteiger partial charge in [0.2, 0.25) is 5.75 Å². The molecule has 0 aliphatic heterocycles. The Bertz CT molecular complexity index is 1020. The standard InChI is InChI=1S/C24H25N3O3/c28-21-20(22(29)25-16-17-9-3-1-4-10-17)26-19(27-23(21)30)15-24(13-7-8-14-24)18-11-5-2-6-12-18/h1-6,9-12,28H,7-8,13-16H2,(H,25,29)(H,26,27,30). The maximum atomic E-state index is 12.7. The molecule has 1 saturated carbocycles. The van der Waals surface area contributed by atoms with Crippen molar-refractivity contribution in [3.05, 3.63) is 83.3 Å². The lowest BCUT2D eigenvalue weighted by Crippen LogP contribution is -2.28. The van der Waals surface area contributed by atoms with Crippen molar-refractivity contribution in [2.45, 2.75) is 44.1 Å². The molecule has 154 valence electrons. The number of rotatable bonds is 6. The summed E-state index contributed by atoms with van der Waals surface area (Å²) in [6.07, 6.45) is 4.73. The first-order chi connectivity index (χ1) is 14.6. The van der Waals surface area contributed by atoms with Crippen LogP contribution >= 0.6 is 0 Å². The average Bonchev–Trinajstić information content (AvgIpc) is 3.25.